The molecule has 0 unspecified atom stereocenters. The fourth-order valence-electron chi connectivity index (χ4n) is 2.36. The Morgan fingerprint density at radius 2 is 2.12 bits per heavy atom. The summed E-state index contributed by atoms with van der Waals surface area (Å²) in [7, 11) is 1.81. The van der Waals surface area contributed by atoms with Crippen LogP contribution in [0.5, 0.6) is 0 Å². The molecule has 0 radical (unpaired) electrons. The number of nitrogens with one attached hydrogen (secondary N) is 1. The van der Waals surface area contributed by atoms with Crippen molar-refractivity contribution in [3.8, 4) is 0 Å². The van der Waals surface area contributed by atoms with Gasteiger partial charge in [0.05, 0.1) is 11.8 Å². The van der Waals surface area contributed by atoms with Crippen molar-refractivity contribution in [3.63, 3.8) is 0 Å². The number of methoxy groups -OCH3 is 1. The molecule has 0 spiro atoms. The molecule has 1 aromatic heterocycles. The minimum Gasteiger partial charge on any atom is -0.381 e. The molecule has 0 amide bonds. The average molecular weight is 235 g/mol. The second kappa shape index (κ2) is 6.07. The van der Waals surface area contributed by atoms with Crippen LogP contribution in [0.2, 0.25) is 0 Å². The predicted octanol–water partition coefficient (Wildman–Crippen LogP) is 1.83. The Bertz CT molecular complexity index is 348. The molecule has 0 bridgehead atoms. The SMILES string of the molecule is COC1CCC(NCc2ccnc(C)n2)CC1. The standard InChI is InChI=1S/C13H21N3O/c1-10-14-8-7-12(16-10)9-15-11-3-5-13(17-2)6-4-11/h7-8,11,13,15H,3-6,9H2,1-2H3. The van der Waals surface area contributed by atoms with E-state index in [1.54, 1.807) is 0 Å². The summed E-state index contributed by atoms with van der Waals surface area (Å²) in [4.78, 5) is 8.49. The van der Waals surface area contributed by atoms with Gasteiger partial charge in [0.15, 0.2) is 0 Å². The minimum absolute atomic E-state index is 0.467. The molecular formula is C13H21N3O. The molecule has 4 nitrogen and oxygen atoms in total. The third-order valence-electron chi connectivity index (χ3n) is 3.41. The normalized spacial score (nSPS) is 24.8. The van der Waals surface area contributed by atoms with Gasteiger partial charge in [-0.3, -0.25) is 0 Å². The van der Waals surface area contributed by atoms with Crippen LogP contribution >= 0.6 is 0 Å². The summed E-state index contributed by atoms with van der Waals surface area (Å²) in [5.74, 6) is 0.840. The highest BCUT2D eigenvalue weighted by molar-refractivity contribution is 5.01. The van der Waals surface area contributed by atoms with E-state index in [2.05, 4.69) is 15.3 Å². The van der Waals surface area contributed by atoms with Gasteiger partial charge < -0.3 is 10.1 Å². The molecule has 1 aromatic rings. The summed E-state index contributed by atoms with van der Waals surface area (Å²) in [6.45, 7) is 2.76. The van der Waals surface area contributed by atoms with Crippen molar-refractivity contribution >= 4 is 0 Å². The number of aryl methyl sites for hydroxylation is 1. The lowest BCUT2D eigenvalue weighted by atomic mass is 9.93. The van der Waals surface area contributed by atoms with Crippen LogP contribution < -0.4 is 5.32 Å². The van der Waals surface area contributed by atoms with Crippen molar-refractivity contribution in [1.29, 1.82) is 0 Å². The van der Waals surface area contributed by atoms with E-state index in [4.69, 9.17) is 4.74 Å². The zero-order valence-corrected chi connectivity index (χ0v) is 10.6. The predicted molar refractivity (Wildman–Crippen MR) is 66.7 cm³/mol. The molecule has 0 atom stereocenters. The summed E-state index contributed by atoms with van der Waals surface area (Å²) < 4.78 is 5.37. The van der Waals surface area contributed by atoms with E-state index in [1.807, 2.05) is 26.3 Å². The fourth-order valence-corrected chi connectivity index (χ4v) is 2.36. The number of hydrogen-bond donors (Lipinski definition) is 1. The van der Waals surface area contributed by atoms with Gasteiger partial charge in [-0.25, -0.2) is 9.97 Å². The van der Waals surface area contributed by atoms with Gasteiger partial charge in [0.25, 0.3) is 0 Å². The number of rotatable bonds is 4. The lowest BCUT2D eigenvalue weighted by Gasteiger charge is -2.28. The molecule has 1 aliphatic rings. The zero-order chi connectivity index (χ0) is 12.1. The quantitative estimate of drug-likeness (QED) is 0.865. The van der Waals surface area contributed by atoms with Gasteiger partial charge in [-0.05, 0) is 38.7 Å². The van der Waals surface area contributed by atoms with Crippen LogP contribution in [-0.2, 0) is 11.3 Å². The Morgan fingerprint density at radius 3 is 2.76 bits per heavy atom. The first-order chi connectivity index (χ1) is 8.28. The molecule has 1 saturated carbocycles. The fraction of sp³-hybridized carbons (Fsp3) is 0.692. The highest BCUT2D eigenvalue weighted by Gasteiger charge is 2.20. The van der Waals surface area contributed by atoms with Crippen LogP contribution in [0.25, 0.3) is 0 Å². The molecule has 0 saturated heterocycles. The topological polar surface area (TPSA) is 47.0 Å². The lowest BCUT2D eigenvalue weighted by molar-refractivity contribution is 0.0623. The molecule has 1 fully saturated rings. The van der Waals surface area contributed by atoms with Crippen LogP contribution in [0, 0.1) is 6.92 Å². The largest absolute Gasteiger partial charge is 0.381 e. The van der Waals surface area contributed by atoms with Gasteiger partial charge in [-0.1, -0.05) is 0 Å². The van der Waals surface area contributed by atoms with E-state index < -0.39 is 0 Å². The first-order valence-corrected chi connectivity index (χ1v) is 6.32. The molecule has 0 aromatic carbocycles. The van der Waals surface area contributed by atoms with Crippen molar-refractivity contribution in [1.82, 2.24) is 15.3 Å². The first kappa shape index (κ1) is 12.5. The summed E-state index contributed by atoms with van der Waals surface area (Å²) in [5, 5.41) is 3.56. The van der Waals surface area contributed by atoms with Gasteiger partial charge in [0, 0.05) is 25.9 Å². The second-order valence-corrected chi connectivity index (χ2v) is 4.69. The van der Waals surface area contributed by atoms with Crippen LogP contribution in [0.15, 0.2) is 12.3 Å². The molecule has 94 valence electrons. The van der Waals surface area contributed by atoms with Gasteiger partial charge in [-0.15, -0.1) is 0 Å². The van der Waals surface area contributed by atoms with Crippen LogP contribution in [-0.4, -0.2) is 29.2 Å². The van der Waals surface area contributed by atoms with Gasteiger partial charge >= 0.3 is 0 Å². The van der Waals surface area contributed by atoms with Crippen molar-refractivity contribution in [2.75, 3.05) is 7.11 Å². The van der Waals surface area contributed by atoms with Crippen molar-refractivity contribution in [2.24, 2.45) is 0 Å². The highest BCUT2D eigenvalue weighted by atomic mass is 16.5. The summed E-state index contributed by atoms with van der Waals surface area (Å²) in [5.41, 5.74) is 1.08. The van der Waals surface area contributed by atoms with E-state index in [0.717, 1.165) is 30.9 Å². The lowest BCUT2D eigenvalue weighted by Crippen LogP contribution is -2.34. The van der Waals surface area contributed by atoms with Crippen LogP contribution in [0.3, 0.4) is 0 Å². The Balaban J connectivity index is 1.76. The summed E-state index contributed by atoms with van der Waals surface area (Å²) >= 11 is 0. The van der Waals surface area contributed by atoms with E-state index in [0.29, 0.717) is 12.1 Å². The smallest absolute Gasteiger partial charge is 0.125 e. The first-order valence-electron chi connectivity index (χ1n) is 6.32. The maximum atomic E-state index is 5.37. The highest BCUT2D eigenvalue weighted by Crippen LogP contribution is 2.20. The van der Waals surface area contributed by atoms with Crippen molar-refractivity contribution in [2.45, 2.75) is 51.3 Å². The van der Waals surface area contributed by atoms with E-state index >= 15 is 0 Å². The third kappa shape index (κ3) is 3.75. The maximum absolute atomic E-state index is 5.37. The molecule has 1 N–H and O–H groups in total. The molecular weight excluding hydrogens is 214 g/mol. The van der Waals surface area contributed by atoms with Gasteiger partial charge in [0.1, 0.15) is 5.82 Å². The van der Waals surface area contributed by atoms with E-state index in [9.17, 15) is 0 Å². The second-order valence-electron chi connectivity index (χ2n) is 4.69. The number of aromatic nitrogens is 2. The average Bonchev–Trinajstić information content (AvgIpc) is 2.37. The molecule has 2 rings (SSSR count). The summed E-state index contributed by atoms with van der Waals surface area (Å²) in [6.07, 6.45) is 7.01. The van der Waals surface area contributed by atoms with Crippen LogP contribution in [0.4, 0.5) is 0 Å². The van der Waals surface area contributed by atoms with E-state index in [-0.39, 0.29) is 0 Å². The molecule has 4 heteroatoms. The summed E-state index contributed by atoms with van der Waals surface area (Å²) in [6, 6.07) is 2.58. The monoisotopic (exact) mass is 235 g/mol. The Morgan fingerprint density at radius 1 is 1.35 bits per heavy atom. The van der Waals surface area contributed by atoms with Crippen molar-refractivity contribution < 1.29 is 4.74 Å². The van der Waals surface area contributed by atoms with Gasteiger partial charge in [-0.2, -0.15) is 0 Å². The minimum atomic E-state index is 0.467. The Labute approximate surface area is 103 Å². The Hall–Kier alpha value is -1.00. The molecule has 1 aliphatic carbocycles. The molecule has 0 aliphatic heterocycles. The number of hydrogen-bond acceptors (Lipinski definition) is 4. The third-order valence-corrected chi connectivity index (χ3v) is 3.41. The number of ether oxygens (including phenoxy) is 1. The van der Waals surface area contributed by atoms with Crippen molar-refractivity contribution in [3.05, 3.63) is 23.8 Å². The number of nitrogens with zero attached hydrogens (tertiary/aromatic N) is 2. The van der Waals surface area contributed by atoms with Crippen LogP contribution in [0.1, 0.15) is 37.2 Å². The Kier molecular flexibility index (Phi) is 4.45. The molecule has 17 heavy (non-hydrogen) atoms. The molecule has 1 heterocycles. The van der Waals surface area contributed by atoms with E-state index in [1.165, 1.54) is 12.8 Å². The zero-order valence-electron chi connectivity index (χ0n) is 10.6. The maximum Gasteiger partial charge on any atom is 0.125 e. The van der Waals surface area contributed by atoms with Gasteiger partial charge in [0.2, 0.25) is 0 Å².